The minimum absolute atomic E-state index is 0. The normalized spacial score (nSPS) is 12.1. The molecule has 0 spiro atoms. The van der Waals surface area contributed by atoms with E-state index < -0.39 is 0 Å². The molecule has 0 radical (unpaired) electrons. The molecule has 0 aromatic heterocycles. The summed E-state index contributed by atoms with van der Waals surface area (Å²) in [6, 6.07) is 8.63. The van der Waals surface area contributed by atoms with Crippen molar-refractivity contribution >= 4 is 83.3 Å². The lowest BCUT2D eigenvalue weighted by Crippen LogP contribution is -2.30. The summed E-state index contributed by atoms with van der Waals surface area (Å²) in [5.74, 6) is 0. The van der Waals surface area contributed by atoms with Gasteiger partial charge in [-0.2, -0.15) is 0 Å². The van der Waals surface area contributed by atoms with Crippen molar-refractivity contribution in [2.24, 2.45) is 0 Å². The van der Waals surface area contributed by atoms with Crippen molar-refractivity contribution in [1.29, 1.82) is 0 Å². The molecule has 2 rings (SSSR count). The zero-order chi connectivity index (χ0) is 9.26. The van der Waals surface area contributed by atoms with Crippen LogP contribution in [0.4, 0.5) is 11.4 Å². The number of nitrogens with zero attached hydrogens (tertiary/aromatic N) is 2. The standard InChI is InChI=1S/C11H16N2.3HI/c1-3-12-9-13(4-2)11-8-6-5-7-10(11)12;;;/h5-8H,3-4,9H2,1-2H3;3*1H. The molecule has 0 aliphatic carbocycles. The van der Waals surface area contributed by atoms with Crippen LogP contribution in [0.2, 0.25) is 0 Å². The van der Waals surface area contributed by atoms with Crippen molar-refractivity contribution in [3.05, 3.63) is 24.3 Å². The Bertz CT molecular complexity index is 278. The predicted octanol–water partition coefficient (Wildman–Crippen LogP) is 4.16. The van der Waals surface area contributed by atoms with Crippen LogP contribution in [-0.2, 0) is 0 Å². The summed E-state index contributed by atoms with van der Waals surface area (Å²) in [6.07, 6.45) is 0. The molecule has 1 aromatic rings. The minimum atomic E-state index is 0. The van der Waals surface area contributed by atoms with Crippen molar-refractivity contribution in [2.75, 3.05) is 29.6 Å². The Morgan fingerprint density at radius 1 is 0.875 bits per heavy atom. The number of anilines is 2. The zero-order valence-corrected chi connectivity index (χ0v) is 16.5. The average molecular weight is 560 g/mol. The molecular weight excluding hydrogens is 541 g/mol. The summed E-state index contributed by atoms with van der Waals surface area (Å²) in [6.45, 7) is 7.64. The molecule has 1 aliphatic heterocycles. The molecule has 1 heterocycles. The van der Waals surface area contributed by atoms with Crippen molar-refractivity contribution in [2.45, 2.75) is 13.8 Å². The molecule has 0 atom stereocenters. The lowest BCUT2D eigenvalue weighted by Gasteiger charge is -2.18. The van der Waals surface area contributed by atoms with E-state index in [-0.39, 0.29) is 71.9 Å². The Balaban J connectivity index is 0. The average Bonchev–Trinajstić information content (AvgIpc) is 2.56. The molecule has 2 nitrogen and oxygen atoms in total. The Kier molecular flexibility index (Phi) is 10.9. The number of halogens is 3. The third-order valence-electron chi connectivity index (χ3n) is 2.67. The molecule has 5 heteroatoms. The second-order valence-electron chi connectivity index (χ2n) is 3.34. The maximum absolute atomic E-state index is 2.40. The topological polar surface area (TPSA) is 6.48 Å². The van der Waals surface area contributed by atoms with E-state index in [9.17, 15) is 0 Å². The fraction of sp³-hybridized carbons (Fsp3) is 0.455. The van der Waals surface area contributed by atoms with Gasteiger partial charge in [0.1, 0.15) is 0 Å². The second kappa shape index (κ2) is 9.01. The number of benzene rings is 1. The maximum atomic E-state index is 2.40. The van der Waals surface area contributed by atoms with Crippen molar-refractivity contribution in [3.8, 4) is 0 Å². The third-order valence-corrected chi connectivity index (χ3v) is 2.67. The molecule has 0 saturated heterocycles. The van der Waals surface area contributed by atoms with E-state index in [1.165, 1.54) is 11.4 Å². The maximum Gasteiger partial charge on any atom is 0.0903 e. The van der Waals surface area contributed by atoms with Gasteiger partial charge >= 0.3 is 0 Å². The van der Waals surface area contributed by atoms with Crippen molar-refractivity contribution < 1.29 is 0 Å². The molecule has 0 saturated carbocycles. The highest BCUT2D eigenvalue weighted by molar-refractivity contribution is 14.0. The van der Waals surface area contributed by atoms with E-state index in [1.54, 1.807) is 0 Å². The molecule has 1 aromatic carbocycles. The number of hydrogen-bond acceptors (Lipinski definition) is 2. The Labute approximate surface area is 149 Å². The van der Waals surface area contributed by atoms with Gasteiger partial charge in [0.05, 0.1) is 18.0 Å². The van der Waals surface area contributed by atoms with Crippen LogP contribution in [-0.4, -0.2) is 19.8 Å². The van der Waals surface area contributed by atoms with Gasteiger partial charge in [0, 0.05) is 13.1 Å². The van der Waals surface area contributed by atoms with Gasteiger partial charge in [-0.3, -0.25) is 0 Å². The highest BCUT2D eigenvalue weighted by Crippen LogP contribution is 2.34. The van der Waals surface area contributed by atoms with Gasteiger partial charge in [0.25, 0.3) is 0 Å². The van der Waals surface area contributed by atoms with Crippen LogP contribution >= 0.6 is 71.9 Å². The van der Waals surface area contributed by atoms with E-state index in [4.69, 9.17) is 0 Å². The summed E-state index contributed by atoms with van der Waals surface area (Å²) in [5.41, 5.74) is 2.76. The highest BCUT2D eigenvalue weighted by atomic mass is 127. The van der Waals surface area contributed by atoms with Gasteiger partial charge in [-0.15, -0.1) is 71.9 Å². The van der Waals surface area contributed by atoms with E-state index >= 15 is 0 Å². The summed E-state index contributed by atoms with van der Waals surface area (Å²) in [5, 5.41) is 0. The molecule has 94 valence electrons. The van der Waals surface area contributed by atoms with Crippen LogP contribution in [0.25, 0.3) is 0 Å². The molecule has 0 unspecified atom stereocenters. The first-order valence-electron chi connectivity index (χ1n) is 4.95. The molecular formula is C11H19I3N2. The van der Waals surface area contributed by atoms with Crippen LogP contribution in [0.1, 0.15) is 13.8 Å². The molecule has 0 bridgehead atoms. The summed E-state index contributed by atoms with van der Waals surface area (Å²) < 4.78 is 0. The second-order valence-corrected chi connectivity index (χ2v) is 3.34. The van der Waals surface area contributed by atoms with Gasteiger partial charge in [-0.1, -0.05) is 12.1 Å². The van der Waals surface area contributed by atoms with Gasteiger partial charge in [-0.05, 0) is 26.0 Å². The first kappa shape index (κ1) is 19.4. The molecule has 1 aliphatic rings. The Hall–Kier alpha value is 1.01. The number of para-hydroxylation sites is 2. The van der Waals surface area contributed by atoms with Crippen molar-refractivity contribution in [3.63, 3.8) is 0 Å². The quantitative estimate of drug-likeness (QED) is 0.502. The van der Waals surface area contributed by atoms with Gasteiger partial charge in [-0.25, -0.2) is 0 Å². The van der Waals surface area contributed by atoms with E-state index in [0.29, 0.717) is 0 Å². The zero-order valence-electron chi connectivity index (χ0n) is 9.55. The lowest BCUT2D eigenvalue weighted by atomic mass is 10.2. The van der Waals surface area contributed by atoms with Crippen LogP contribution in [0.3, 0.4) is 0 Å². The van der Waals surface area contributed by atoms with Crippen LogP contribution in [0, 0.1) is 0 Å². The SMILES string of the molecule is CCN1CN(CC)c2ccccc21.I.I.I. The van der Waals surface area contributed by atoms with Gasteiger partial charge < -0.3 is 9.80 Å². The van der Waals surface area contributed by atoms with E-state index in [0.717, 1.165) is 19.8 Å². The highest BCUT2D eigenvalue weighted by Gasteiger charge is 2.22. The van der Waals surface area contributed by atoms with Crippen LogP contribution in [0.15, 0.2) is 24.3 Å². The Morgan fingerprint density at radius 2 is 1.25 bits per heavy atom. The molecule has 0 N–H and O–H groups in total. The van der Waals surface area contributed by atoms with Crippen LogP contribution in [0.5, 0.6) is 0 Å². The fourth-order valence-corrected chi connectivity index (χ4v) is 1.90. The van der Waals surface area contributed by atoms with E-state index in [1.807, 2.05) is 0 Å². The molecule has 0 amide bonds. The van der Waals surface area contributed by atoms with Crippen molar-refractivity contribution in [1.82, 2.24) is 0 Å². The summed E-state index contributed by atoms with van der Waals surface area (Å²) in [7, 11) is 0. The largest absolute Gasteiger partial charge is 0.352 e. The number of rotatable bonds is 2. The summed E-state index contributed by atoms with van der Waals surface area (Å²) in [4.78, 5) is 4.80. The number of fused-ring (bicyclic) bond motifs is 1. The summed E-state index contributed by atoms with van der Waals surface area (Å²) >= 11 is 0. The van der Waals surface area contributed by atoms with Gasteiger partial charge in [0.15, 0.2) is 0 Å². The molecule has 16 heavy (non-hydrogen) atoms. The number of hydrogen-bond donors (Lipinski definition) is 0. The van der Waals surface area contributed by atoms with Gasteiger partial charge in [0.2, 0.25) is 0 Å². The predicted molar refractivity (Wildman–Crippen MR) is 104 cm³/mol. The van der Waals surface area contributed by atoms with E-state index in [2.05, 4.69) is 47.9 Å². The minimum Gasteiger partial charge on any atom is -0.352 e. The third kappa shape index (κ3) is 3.76. The van der Waals surface area contributed by atoms with Crippen LogP contribution < -0.4 is 9.80 Å². The molecule has 0 fully saturated rings. The Morgan fingerprint density at radius 3 is 1.56 bits per heavy atom. The fourth-order valence-electron chi connectivity index (χ4n) is 1.90. The first-order valence-corrected chi connectivity index (χ1v) is 4.95. The lowest BCUT2D eigenvalue weighted by molar-refractivity contribution is 0.801. The first-order chi connectivity index (χ1) is 6.36. The smallest absolute Gasteiger partial charge is 0.0903 e. The monoisotopic (exact) mass is 560 g/mol.